The molecule has 0 aliphatic carbocycles. The lowest BCUT2D eigenvalue weighted by Gasteiger charge is -2.25. The first-order valence-corrected chi connectivity index (χ1v) is 10.9. The minimum absolute atomic E-state index is 0.126. The van der Waals surface area contributed by atoms with Gasteiger partial charge >= 0.3 is 0 Å². The summed E-state index contributed by atoms with van der Waals surface area (Å²) in [7, 11) is 3.21. The molecule has 0 fully saturated rings. The summed E-state index contributed by atoms with van der Waals surface area (Å²) in [6.45, 7) is 3.94. The lowest BCUT2D eigenvalue weighted by Crippen LogP contribution is -2.25. The van der Waals surface area contributed by atoms with Crippen LogP contribution in [0.4, 0.5) is 5.82 Å². The van der Waals surface area contributed by atoms with Crippen molar-refractivity contribution in [1.82, 2.24) is 25.0 Å². The number of anilines is 1. The van der Waals surface area contributed by atoms with Crippen LogP contribution in [0.25, 0.3) is 17.2 Å². The molecule has 1 amide bonds. The summed E-state index contributed by atoms with van der Waals surface area (Å²) in [6.07, 6.45) is 1.88. The Hall–Kier alpha value is -4.27. The van der Waals surface area contributed by atoms with E-state index in [9.17, 15) is 4.79 Å². The highest BCUT2D eigenvalue weighted by Gasteiger charge is 2.35. The molecule has 0 saturated heterocycles. The molecular formula is C25H24N6O3. The molecule has 9 heteroatoms. The lowest BCUT2D eigenvalue weighted by molar-refractivity contribution is -0.116. The Morgan fingerprint density at radius 3 is 2.59 bits per heavy atom. The van der Waals surface area contributed by atoms with Crippen LogP contribution in [0, 0.1) is 13.8 Å². The Morgan fingerprint density at radius 2 is 1.85 bits per heavy atom. The molecule has 4 aromatic rings. The Kier molecular flexibility index (Phi) is 5.45. The maximum absolute atomic E-state index is 12.8. The number of nitrogens with one attached hydrogen (secondary N) is 1. The van der Waals surface area contributed by atoms with E-state index >= 15 is 0 Å². The van der Waals surface area contributed by atoms with Crippen molar-refractivity contribution in [1.29, 1.82) is 0 Å². The molecule has 1 N–H and O–H groups in total. The van der Waals surface area contributed by atoms with Crippen molar-refractivity contribution in [3.8, 4) is 28.7 Å². The van der Waals surface area contributed by atoms with Gasteiger partial charge in [0.1, 0.15) is 17.3 Å². The van der Waals surface area contributed by atoms with E-state index in [1.807, 2.05) is 56.3 Å². The van der Waals surface area contributed by atoms with Gasteiger partial charge in [0.25, 0.3) is 5.95 Å². The summed E-state index contributed by atoms with van der Waals surface area (Å²) in [6, 6.07) is 13.6. The van der Waals surface area contributed by atoms with Gasteiger partial charge in [-0.05, 0) is 19.9 Å². The number of hydrogen-bond acceptors (Lipinski definition) is 7. The monoisotopic (exact) mass is 456 g/mol. The topological polar surface area (TPSA) is 104 Å². The molecule has 0 radical (unpaired) electrons. The number of carbonyl (C=O) groups is 1. The van der Waals surface area contributed by atoms with Crippen molar-refractivity contribution in [3.63, 3.8) is 0 Å². The van der Waals surface area contributed by atoms with Gasteiger partial charge in [-0.25, -0.2) is 4.98 Å². The second kappa shape index (κ2) is 8.58. The van der Waals surface area contributed by atoms with E-state index in [4.69, 9.17) is 9.47 Å². The molecule has 5 rings (SSSR count). The van der Waals surface area contributed by atoms with E-state index in [0.717, 1.165) is 27.9 Å². The quantitative estimate of drug-likeness (QED) is 0.487. The number of methoxy groups -OCH3 is 2. The predicted molar refractivity (Wildman–Crippen MR) is 126 cm³/mol. The number of aryl methyl sites for hydroxylation is 2. The molecule has 34 heavy (non-hydrogen) atoms. The van der Waals surface area contributed by atoms with E-state index in [1.54, 1.807) is 25.1 Å². The number of rotatable bonds is 5. The van der Waals surface area contributed by atoms with Gasteiger partial charge < -0.3 is 14.8 Å². The van der Waals surface area contributed by atoms with E-state index in [0.29, 0.717) is 23.0 Å². The van der Waals surface area contributed by atoms with E-state index in [2.05, 4.69) is 25.6 Å². The number of nitrogens with zero attached hydrogens (tertiary/aromatic N) is 5. The third kappa shape index (κ3) is 3.75. The SMILES string of the molecule is COc1ccc(C2CC(=O)Nc3c2c(C)nn3-c2nncc(-c3ccc(C)cc3)n2)c(OC)c1. The molecule has 1 aliphatic heterocycles. The van der Waals surface area contributed by atoms with Gasteiger partial charge in [-0.15, -0.1) is 5.10 Å². The number of hydrogen-bond donors (Lipinski definition) is 1. The fourth-order valence-electron chi connectivity index (χ4n) is 4.31. The largest absolute Gasteiger partial charge is 0.497 e. The Labute approximate surface area is 196 Å². The van der Waals surface area contributed by atoms with Crippen molar-refractivity contribution < 1.29 is 14.3 Å². The molecule has 1 unspecified atom stereocenters. The normalized spacial score (nSPS) is 14.9. The number of aromatic nitrogens is 5. The van der Waals surface area contributed by atoms with Crippen LogP contribution in [0.5, 0.6) is 11.5 Å². The van der Waals surface area contributed by atoms with Crippen molar-refractivity contribution in [2.45, 2.75) is 26.2 Å². The summed E-state index contributed by atoms with van der Waals surface area (Å²) in [5.41, 5.74) is 5.29. The van der Waals surface area contributed by atoms with Crippen LogP contribution in [0.2, 0.25) is 0 Å². The lowest BCUT2D eigenvalue weighted by atomic mass is 9.85. The summed E-state index contributed by atoms with van der Waals surface area (Å²) in [5, 5.41) is 16.0. The second-order valence-electron chi connectivity index (χ2n) is 8.18. The summed E-state index contributed by atoms with van der Waals surface area (Å²) >= 11 is 0. The van der Waals surface area contributed by atoms with E-state index < -0.39 is 0 Å². The predicted octanol–water partition coefficient (Wildman–Crippen LogP) is 3.83. The number of ether oxygens (including phenoxy) is 2. The standard InChI is InChI=1S/C25H24N6O3/c1-14-5-7-16(8-6-14)20-13-26-29-25(27-20)31-24-23(15(2)30-31)19(12-22(32)28-24)18-10-9-17(33-3)11-21(18)34-4/h5-11,13,19H,12H2,1-4H3,(H,28,32). The second-order valence-corrected chi connectivity index (χ2v) is 8.18. The van der Waals surface area contributed by atoms with Gasteiger partial charge in [0.2, 0.25) is 5.91 Å². The maximum Gasteiger partial charge on any atom is 0.272 e. The number of fused-ring (bicyclic) bond motifs is 1. The Bertz CT molecular complexity index is 1380. The molecule has 2 aromatic heterocycles. The summed E-state index contributed by atoms with van der Waals surface area (Å²) in [4.78, 5) is 17.4. The Morgan fingerprint density at radius 1 is 1.06 bits per heavy atom. The molecule has 1 aliphatic rings. The zero-order valence-electron chi connectivity index (χ0n) is 19.4. The zero-order chi connectivity index (χ0) is 23.8. The highest BCUT2D eigenvalue weighted by atomic mass is 16.5. The van der Waals surface area contributed by atoms with Crippen LogP contribution in [-0.2, 0) is 4.79 Å². The smallest absolute Gasteiger partial charge is 0.272 e. The maximum atomic E-state index is 12.8. The van der Waals surface area contributed by atoms with Crippen LogP contribution in [0.15, 0.2) is 48.7 Å². The molecule has 0 bridgehead atoms. The van der Waals surface area contributed by atoms with Gasteiger partial charge in [-0.2, -0.15) is 14.9 Å². The molecule has 2 aromatic carbocycles. The average molecular weight is 457 g/mol. The van der Waals surface area contributed by atoms with Crippen molar-refractivity contribution in [2.75, 3.05) is 19.5 Å². The molecular weight excluding hydrogens is 432 g/mol. The third-order valence-electron chi connectivity index (χ3n) is 6.00. The molecule has 1 atom stereocenters. The van der Waals surface area contributed by atoms with Crippen LogP contribution < -0.4 is 14.8 Å². The molecule has 0 spiro atoms. The highest BCUT2D eigenvalue weighted by Crippen LogP contribution is 2.43. The van der Waals surface area contributed by atoms with Crippen LogP contribution in [-0.4, -0.2) is 45.1 Å². The van der Waals surface area contributed by atoms with Gasteiger partial charge in [0.15, 0.2) is 0 Å². The van der Waals surface area contributed by atoms with Gasteiger partial charge in [-0.3, -0.25) is 4.79 Å². The van der Waals surface area contributed by atoms with Crippen molar-refractivity contribution >= 4 is 11.7 Å². The first-order valence-electron chi connectivity index (χ1n) is 10.9. The van der Waals surface area contributed by atoms with E-state index in [1.165, 1.54) is 0 Å². The van der Waals surface area contributed by atoms with Crippen molar-refractivity contribution in [3.05, 3.63) is 71.0 Å². The third-order valence-corrected chi connectivity index (χ3v) is 6.00. The number of benzene rings is 2. The fourth-order valence-corrected chi connectivity index (χ4v) is 4.31. The van der Waals surface area contributed by atoms with Crippen LogP contribution in [0.3, 0.4) is 0 Å². The molecule has 0 saturated carbocycles. The minimum atomic E-state index is -0.244. The molecule has 3 heterocycles. The number of carbonyl (C=O) groups excluding carboxylic acids is 1. The summed E-state index contributed by atoms with van der Waals surface area (Å²) < 4.78 is 12.5. The van der Waals surface area contributed by atoms with Gasteiger partial charge in [0, 0.05) is 35.1 Å². The Balaban J connectivity index is 1.61. The average Bonchev–Trinajstić information content (AvgIpc) is 3.19. The first kappa shape index (κ1) is 21.6. The summed E-state index contributed by atoms with van der Waals surface area (Å²) in [5.74, 6) is 1.78. The van der Waals surface area contributed by atoms with Crippen molar-refractivity contribution in [2.24, 2.45) is 0 Å². The van der Waals surface area contributed by atoms with Crippen LogP contribution in [0.1, 0.15) is 34.7 Å². The van der Waals surface area contributed by atoms with Gasteiger partial charge in [-0.1, -0.05) is 35.9 Å². The van der Waals surface area contributed by atoms with E-state index in [-0.39, 0.29) is 24.2 Å². The van der Waals surface area contributed by atoms with Gasteiger partial charge in [0.05, 0.1) is 31.8 Å². The molecule has 172 valence electrons. The molecule has 9 nitrogen and oxygen atoms in total. The highest BCUT2D eigenvalue weighted by molar-refractivity contribution is 5.95. The minimum Gasteiger partial charge on any atom is -0.497 e. The fraction of sp³-hybridized carbons (Fsp3) is 0.240. The zero-order valence-corrected chi connectivity index (χ0v) is 19.4. The van der Waals surface area contributed by atoms with Crippen LogP contribution >= 0.6 is 0 Å². The number of amides is 1. The first-order chi connectivity index (χ1) is 16.5.